The van der Waals surface area contributed by atoms with Gasteiger partial charge in [-0.2, -0.15) is 0 Å². The second-order valence-corrected chi connectivity index (χ2v) is 5.76. The van der Waals surface area contributed by atoms with E-state index in [-0.39, 0.29) is 6.10 Å². The monoisotopic (exact) mass is 287 g/mol. The van der Waals surface area contributed by atoms with E-state index in [0.717, 1.165) is 19.6 Å². The summed E-state index contributed by atoms with van der Waals surface area (Å²) in [5.74, 6) is 0. The number of hydrogen-bond donors (Lipinski definition) is 2. The molecule has 0 unspecified atom stereocenters. The van der Waals surface area contributed by atoms with Gasteiger partial charge in [-0.05, 0) is 38.3 Å². The van der Waals surface area contributed by atoms with Gasteiger partial charge in [0.15, 0.2) is 0 Å². The van der Waals surface area contributed by atoms with Gasteiger partial charge in [-0.15, -0.1) is 11.3 Å². The molecule has 1 aromatic heterocycles. The first kappa shape index (κ1) is 16.6. The number of aliphatic hydroxyl groups excluding tert-OH is 1. The van der Waals surface area contributed by atoms with Gasteiger partial charge in [0.25, 0.3) is 0 Å². The van der Waals surface area contributed by atoms with Crippen molar-refractivity contribution in [1.29, 1.82) is 0 Å². The van der Waals surface area contributed by atoms with Crippen molar-refractivity contribution in [2.24, 2.45) is 0 Å². The number of thiophene rings is 1. The lowest BCUT2D eigenvalue weighted by Crippen LogP contribution is -2.31. The zero-order chi connectivity index (χ0) is 13.9. The largest absolute Gasteiger partial charge is 0.389 e. The van der Waals surface area contributed by atoms with Crippen molar-refractivity contribution in [3.63, 3.8) is 0 Å². The lowest BCUT2D eigenvalue weighted by molar-refractivity contribution is 0.0292. The van der Waals surface area contributed by atoms with Crippen molar-refractivity contribution in [2.75, 3.05) is 26.3 Å². The molecule has 0 amide bonds. The highest BCUT2D eigenvalue weighted by atomic mass is 32.1. The molecule has 0 saturated carbocycles. The van der Waals surface area contributed by atoms with Gasteiger partial charge in [-0.25, -0.2) is 0 Å². The van der Waals surface area contributed by atoms with Gasteiger partial charge in [0.1, 0.15) is 0 Å². The smallest absolute Gasteiger partial charge is 0.0897 e. The zero-order valence-corrected chi connectivity index (χ0v) is 12.6. The first-order chi connectivity index (χ1) is 9.18. The minimum atomic E-state index is -0.453. The average Bonchev–Trinajstić information content (AvgIpc) is 2.86. The van der Waals surface area contributed by atoms with Crippen LogP contribution in [0.4, 0.5) is 0 Å². The van der Waals surface area contributed by atoms with E-state index < -0.39 is 6.10 Å². The van der Waals surface area contributed by atoms with Crippen LogP contribution in [-0.4, -0.2) is 43.6 Å². The van der Waals surface area contributed by atoms with Gasteiger partial charge in [0, 0.05) is 18.0 Å². The Bertz CT molecular complexity index is 304. The Kier molecular flexibility index (Phi) is 9.03. The Morgan fingerprint density at radius 3 is 2.95 bits per heavy atom. The first-order valence-electron chi connectivity index (χ1n) is 6.79. The Labute approximate surface area is 119 Å². The van der Waals surface area contributed by atoms with E-state index in [9.17, 15) is 5.11 Å². The predicted molar refractivity (Wildman–Crippen MR) is 78.6 cm³/mol. The molecule has 1 heterocycles. The third-order valence-corrected chi connectivity index (χ3v) is 3.31. The molecule has 0 bridgehead atoms. The topological polar surface area (TPSA) is 50.7 Å². The van der Waals surface area contributed by atoms with E-state index in [4.69, 9.17) is 9.47 Å². The third kappa shape index (κ3) is 9.13. The van der Waals surface area contributed by atoms with E-state index in [1.54, 1.807) is 11.3 Å². The molecule has 1 atom stereocenters. The van der Waals surface area contributed by atoms with Crippen LogP contribution < -0.4 is 5.32 Å². The molecule has 0 aliphatic heterocycles. The van der Waals surface area contributed by atoms with Gasteiger partial charge < -0.3 is 19.9 Å². The Balaban J connectivity index is 1.89. The Hall–Kier alpha value is -0.460. The van der Waals surface area contributed by atoms with Gasteiger partial charge in [0.05, 0.1) is 25.4 Å². The fraction of sp³-hybridized carbons (Fsp3) is 0.714. The van der Waals surface area contributed by atoms with Crippen molar-refractivity contribution in [3.05, 3.63) is 22.4 Å². The molecule has 0 aromatic carbocycles. The van der Waals surface area contributed by atoms with E-state index in [1.165, 1.54) is 4.88 Å². The molecule has 4 nitrogen and oxygen atoms in total. The third-order valence-electron chi connectivity index (χ3n) is 2.46. The molecular formula is C14H25NO3S. The molecule has 1 aromatic rings. The lowest BCUT2D eigenvalue weighted by atomic mass is 10.3. The highest BCUT2D eigenvalue weighted by Gasteiger charge is 2.04. The van der Waals surface area contributed by atoms with E-state index >= 15 is 0 Å². The predicted octanol–water partition coefficient (Wildman–Crippen LogP) is 2.03. The number of hydrogen-bond acceptors (Lipinski definition) is 5. The fourth-order valence-electron chi connectivity index (χ4n) is 1.53. The molecule has 0 radical (unpaired) electrons. The van der Waals surface area contributed by atoms with Crippen molar-refractivity contribution in [2.45, 2.75) is 39.1 Å². The summed E-state index contributed by atoms with van der Waals surface area (Å²) >= 11 is 1.67. The highest BCUT2D eigenvalue weighted by Crippen LogP contribution is 2.09. The minimum absolute atomic E-state index is 0.288. The quantitative estimate of drug-likeness (QED) is 0.612. The Morgan fingerprint density at radius 2 is 2.26 bits per heavy atom. The number of aliphatic hydroxyl groups is 1. The van der Waals surface area contributed by atoms with Crippen LogP contribution in [0.5, 0.6) is 0 Å². The second-order valence-electron chi connectivity index (χ2n) is 4.73. The summed E-state index contributed by atoms with van der Waals surface area (Å²) in [6.07, 6.45) is 0.795. The summed E-state index contributed by atoms with van der Waals surface area (Å²) in [4.78, 5) is 1.19. The minimum Gasteiger partial charge on any atom is -0.389 e. The molecule has 110 valence electrons. The van der Waals surface area contributed by atoms with Crippen molar-refractivity contribution >= 4 is 11.3 Å². The summed E-state index contributed by atoms with van der Waals surface area (Å²) in [6, 6.07) is 4.03. The summed E-state index contributed by atoms with van der Waals surface area (Å²) in [6.45, 7) is 7.19. The Morgan fingerprint density at radius 1 is 1.42 bits per heavy atom. The van der Waals surface area contributed by atoms with Crippen LogP contribution in [0, 0.1) is 0 Å². The SMILES string of the molecule is CC(C)OCCCNC[C@H](O)COCc1cccs1. The van der Waals surface area contributed by atoms with E-state index in [0.29, 0.717) is 19.8 Å². The first-order valence-corrected chi connectivity index (χ1v) is 7.67. The van der Waals surface area contributed by atoms with E-state index in [2.05, 4.69) is 5.32 Å². The summed E-state index contributed by atoms with van der Waals surface area (Å²) in [5, 5.41) is 14.9. The van der Waals surface area contributed by atoms with E-state index in [1.807, 2.05) is 31.4 Å². The molecule has 0 aliphatic carbocycles. The molecule has 2 N–H and O–H groups in total. The average molecular weight is 287 g/mol. The van der Waals surface area contributed by atoms with Crippen LogP contribution in [0.25, 0.3) is 0 Å². The summed E-state index contributed by atoms with van der Waals surface area (Å²) in [5.41, 5.74) is 0. The maximum Gasteiger partial charge on any atom is 0.0897 e. The summed E-state index contributed by atoms with van der Waals surface area (Å²) in [7, 11) is 0. The second kappa shape index (κ2) is 10.3. The highest BCUT2D eigenvalue weighted by molar-refractivity contribution is 7.09. The maximum absolute atomic E-state index is 9.71. The van der Waals surface area contributed by atoms with Gasteiger partial charge in [-0.3, -0.25) is 0 Å². The van der Waals surface area contributed by atoms with Crippen molar-refractivity contribution in [1.82, 2.24) is 5.32 Å². The van der Waals surface area contributed by atoms with Crippen molar-refractivity contribution in [3.8, 4) is 0 Å². The van der Waals surface area contributed by atoms with Crippen molar-refractivity contribution < 1.29 is 14.6 Å². The molecule has 0 spiro atoms. The number of ether oxygens (including phenoxy) is 2. The molecule has 0 fully saturated rings. The zero-order valence-electron chi connectivity index (χ0n) is 11.8. The standard InChI is InChI=1S/C14H25NO3S/c1-12(2)18-7-4-6-15-9-13(16)10-17-11-14-5-3-8-19-14/h3,5,8,12-13,15-16H,4,6-7,9-11H2,1-2H3/t13-/m0/s1. The lowest BCUT2D eigenvalue weighted by Gasteiger charge is -2.12. The molecule has 19 heavy (non-hydrogen) atoms. The molecule has 0 saturated heterocycles. The molecular weight excluding hydrogens is 262 g/mol. The van der Waals surface area contributed by atoms with Crippen LogP contribution in [-0.2, 0) is 16.1 Å². The van der Waals surface area contributed by atoms with Crippen LogP contribution in [0.2, 0.25) is 0 Å². The van der Waals surface area contributed by atoms with Gasteiger partial charge in [-0.1, -0.05) is 6.07 Å². The van der Waals surface area contributed by atoms with Crippen LogP contribution in [0.1, 0.15) is 25.1 Å². The maximum atomic E-state index is 9.71. The summed E-state index contributed by atoms with van der Waals surface area (Å²) < 4.78 is 10.9. The van der Waals surface area contributed by atoms with Gasteiger partial charge in [0.2, 0.25) is 0 Å². The van der Waals surface area contributed by atoms with Crippen LogP contribution >= 0.6 is 11.3 Å². The fourth-order valence-corrected chi connectivity index (χ4v) is 2.17. The normalized spacial score (nSPS) is 13.1. The molecule has 0 aliphatic rings. The number of rotatable bonds is 11. The molecule has 1 rings (SSSR count). The number of nitrogens with one attached hydrogen (secondary N) is 1. The van der Waals surface area contributed by atoms with Crippen LogP contribution in [0.15, 0.2) is 17.5 Å². The van der Waals surface area contributed by atoms with Gasteiger partial charge >= 0.3 is 0 Å². The van der Waals surface area contributed by atoms with Crippen LogP contribution in [0.3, 0.4) is 0 Å². The molecule has 5 heteroatoms.